The third-order valence-electron chi connectivity index (χ3n) is 5.34. The standard InChI is InChI=1S/C21H24N2O2/c1-22(18-12-6-9-16-8-2-3-10-17(16)18)14-7-15-23-19-11-4-5-13-20(19)25-21(23)24/h2-5,8,10-11,13,18H,6-7,9,12,14-15H2,1H3. The molecule has 4 rings (SSSR count). The third-order valence-corrected chi connectivity index (χ3v) is 5.34. The Morgan fingerprint density at radius 2 is 1.96 bits per heavy atom. The Hall–Kier alpha value is -2.33. The molecule has 0 aliphatic heterocycles. The first-order valence-corrected chi connectivity index (χ1v) is 9.10. The Bertz CT molecular complexity index is 925. The Morgan fingerprint density at radius 1 is 1.16 bits per heavy atom. The number of oxazole rings is 1. The summed E-state index contributed by atoms with van der Waals surface area (Å²) < 4.78 is 7.06. The average Bonchev–Trinajstić information content (AvgIpc) is 2.96. The van der Waals surface area contributed by atoms with Gasteiger partial charge >= 0.3 is 5.76 Å². The van der Waals surface area contributed by atoms with Gasteiger partial charge in [0.25, 0.3) is 0 Å². The molecule has 0 radical (unpaired) electrons. The molecule has 0 spiro atoms. The summed E-state index contributed by atoms with van der Waals surface area (Å²) in [6, 6.07) is 16.9. The van der Waals surface area contributed by atoms with Crippen molar-refractivity contribution in [3.8, 4) is 0 Å². The monoisotopic (exact) mass is 336 g/mol. The lowest BCUT2D eigenvalue weighted by molar-refractivity contribution is 0.215. The zero-order chi connectivity index (χ0) is 17.2. The summed E-state index contributed by atoms with van der Waals surface area (Å²) in [5.74, 6) is -0.258. The van der Waals surface area contributed by atoms with Crippen molar-refractivity contribution >= 4 is 11.1 Å². The fourth-order valence-corrected chi connectivity index (χ4v) is 4.05. The van der Waals surface area contributed by atoms with Gasteiger partial charge in [-0.15, -0.1) is 0 Å². The normalized spacial score (nSPS) is 17.1. The van der Waals surface area contributed by atoms with Crippen molar-refractivity contribution in [2.24, 2.45) is 0 Å². The van der Waals surface area contributed by atoms with E-state index in [0.29, 0.717) is 18.2 Å². The minimum absolute atomic E-state index is 0.258. The van der Waals surface area contributed by atoms with Gasteiger partial charge in [0.2, 0.25) is 0 Å². The van der Waals surface area contributed by atoms with E-state index in [1.54, 1.807) is 4.57 Å². The van der Waals surface area contributed by atoms with Crippen LogP contribution >= 0.6 is 0 Å². The van der Waals surface area contributed by atoms with Gasteiger partial charge in [-0.3, -0.25) is 9.47 Å². The summed E-state index contributed by atoms with van der Waals surface area (Å²) >= 11 is 0. The summed E-state index contributed by atoms with van der Waals surface area (Å²) in [5, 5.41) is 0. The number of rotatable bonds is 5. The molecule has 1 unspecified atom stereocenters. The van der Waals surface area contributed by atoms with Crippen molar-refractivity contribution < 1.29 is 4.42 Å². The molecule has 4 nitrogen and oxygen atoms in total. The number of hydrogen-bond acceptors (Lipinski definition) is 3. The molecule has 1 aliphatic carbocycles. The van der Waals surface area contributed by atoms with Crippen LogP contribution in [-0.2, 0) is 13.0 Å². The lowest BCUT2D eigenvalue weighted by Crippen LogP contribution is -2.29. The second-order valence-electron chi connectivity index (χ2n) is 6.93. The van der Waals surface area contributed by atoms with Crippen LogP contribution in [-0.4, -0.2) is 23.1 Å². The van der Waals surface area contributed by atoms with Crippen LogP contribution in [0.25, 0.3) is 11.1 Å². The average molecular weight is 336 g/mol. The molecule has 0 N–H and O–H groups in total. The molecule has 0 saturated heterocycles. The highest BCUT2D eigenvalue weighted by atomic mass is 16.4. The molecule has 0 saturated carbocycles. The van der Waals surface area contributed by atoms with E-state index >= 15 is 0 Å². The maximum Gasteiger partial charge on any atom is 0.419 e. The van der Waals surface area contributed by atoms with Crippen molar-refractivity contribution in [2.45, 2.75) is 38.3 Å². The lowest BCUT2D eigenvalue weighted by Gasteiger charge is -2.33. The summed E-state index contributed by atoms with van der Waals surface area (Å²) in [6.07, 6.45) is 4.58. The lowest BCUT2D eigenvalue weighted by atomic mass is 9.87. The summed E-state index contributed by atoms with van der Waals surface area (Å²) in [4.78, 5) is 14.5. The maximum absolute atomic E-state index is 12.1. The van der Waals surface area contributed by atoms with Gasteiger partial charge in [0, 0.05) is 19.1 Å². The molecule has 0 amide bonds. The SMILES string of the molecule is CN(CCCn1c(=O)oc2ccccc21)C1CCCc2ccccc21. The topological polar surface area (TPSA) is 38.4 Å². The fourth-order valence-electron chi connectivity index (χ4n) is 4.05. The molecule has 1 aromatic heterocycles. The van der Waals surface area contributed by atoms with Crippen molar-refractivity contribution in [1.29, 1.82) is 0 Å². The minimum Gasteiger partial charge on any atom is -0.408 e. The molecule has 130 valence electrons. The van der Waals surface area contributed by atoms with E-state index in [0.717, 1.165) is 18.5 Å². The number of nitrogens with zero attached hydrogens (tertiary/aromatic N) is 2. The Balaban J connectivity index is 1.44. The summed E-state index contributed by atoms with van der Waals surface area (Å²) in [6.45, 7) is 1.65. The predicted octanol–water partition coefficient (Wildman–Crippen LogP) is 3.99. The van der Waals surface area contributed by atoms with E-state index in [1.165, 1.54) is 30.4 Å². The Labute approximate surface area is 147 Å². The number of hydrogen-bond donors (Lipinski definition) is 0. The van der Waals surface area contributed by atoms with Crippen LogP contribution in [0.2, 0.25) is 0 Å². The molecule has 1 aliphatic rings. The van der Waals surface area contributed by atoms with Crippen LogP contribution in [0.4, 0.5) is 0 Å². The van der Waals surface area contributed by atoms with Crippen molar-refractivity contribution in [2.75, 3.05) is 13.6 Å². The van der Waals surface area contributed by atoms with E-state index in [1.807, 2.05) is 24.3 Å². The highest BCUT2D eigenvalue weighted by Gasteiger charge is 2.23. The van der Waals surface area contributed by atoms with E-state index in [2.05, 4.69) is 36.2 Å². The van der Waals surface area contributed by atoms with Crippen LogP contribution in [0.5, 0.6) is 0 Å². The number of fused-ring (bicyclic) bond motifs is 2. The van der Waals surface area contributed by atoms with Crippen LogP contribution in [0.3, 0.4) is 0 Å². The second kappa shape index (κ2) is 6.89. The minimum atomic E-state index is -0.258. The smallest absolute Gasteiger partial charge is 0.408 e. The van der Waals surface area contributed by atoms with Gasteiger partial charge in [0.05, 0.1) is 5.52 Å². The largest absolute Gasteiger partial charge is 0.419 e. The summed E-state index contributed by atoms with van der Waals surface area (Å²) in [5.41, 5.74) is 4.52. The van der Waals surface area contributed by atoms with Gasteiger partial charge < -0.3 is 4.42 Å². The molecule has 25 heavy (non-hydrogen) atoms. The van der Waals surface area contributed by atoms with Gasteiger partial charge in [-0.05, 0) is 56.0 Å². The predicted molar refractivity (Wildman–Crippen MR) is 99.8 cm³/mol. The van der Waals surface area contributed by atoms with Gasteiger partial charge in [-0.25, -0.2) is 4.79 Å². The molecule has 1 heterocycles. The van der Waals surface area contributed by atoms with E-state index < -0.39 is 0 Å². The highest BCUT2D eigenvalue weighted by Crippen LogP contribution is 2.33. The van der Waals surface area contributed by atoms with Gasteiger partial charge in [-0.2, -0.15) is 0 Å². The second-order valence-corrected chi connectivity index (χ2v) is 6.93. The first kappa shape index (κ1) is 16.2. The number of para-hydroxylation sites is 2. The molecular formula is C21H24N2O2. The van der Waals surface area contributed by atoms with E-state index in [4.69, 9.17) is 4.42 Å². The number of aryl methyl sites for hydroxylation is 2. The number of benzene rings is 2. The van der Waals surface area contributed by atoms with Gasteiger partial charge in [-0.1, -0.05) is 36.4 Å². The van der Waals surface area contributed by atoms with Crippen molar-refractivity contribution in [3.63, 3.8) is 0 Å². The van der Waals surface area contributed by atoms with Crippen LogP contribution in [0.1, 0.15) is 36.4 Å². The maximum atomic E-state index is 12.1. The zero-order valence-corrected chi connectivity index (χ0v) is 14.6. The van der Waals surface area contributed by atoms with E-state index in [-0.39, 0.29) is 5.76 Å². The molecule has 4 heteroatoms. The van der Waals surface area contributed by atoms with Crippen LogP contribution < -0.4 is 5.76 Å². The molecule has 1 atom stereocenters. The molecule has 3 aromatic rings. The first-order chi connectivity index (χ1) is 12.2. The Kier molecular flexibility index (Phi) is 4.45. The molecule has 0 bridgehead atoms. The van der Waals surface area contributed by atoms with Gasteiger partial charge in [0.1, 0.15) is 0 Å². The van der Waals surface area contributed by atoms with Crippen LogP contribution in [0.15, 0.2) is 57.7 Å². The number of aromatic nitrogens is 1. The fraction of sp³-hybridized carbons (Fsp3) is 0.381. The van der Waals surface area contributed by atoms with Crippen molar-refractivity contribution in [3.05, 3.63) is 70.2 Å². The van der Waals surface area contributed by atoms with Crippen LogP contribution in [0, 0.1) is 0 Å². The van der Waals surface area contributed by atoms with E-state index in [9.17, 15) is 4.79 Å². The first-order valence-electron chi connectivity index (χ1n) is 9.10. The highest BCUT2D eigenvalue weighted by molar-refractivity contribution is 5.72. The molecule has 2 aromatic carbocycles. The zero-order valence-electron chi connectivity index (χ0n) is 14.6. The third kappa shape index (κ3) is 3.14. The van der Waals surface area contributed by atoms with Crippen molar-refractivity contribution in [1.82, 2.24) is 9.47 Å². The molecular weight excluding hydrogens is 312 g/mol. The quantitative estimate of drug-likeness (QED) is 0.707. The summed E-state index contributed by atoms with van der Waals surface area (Å²) in [7, 11) is 2.20. The van der Waals surface area contributed by atoms with Gasteiger partial charge in [0.15, 0.2) is 5.58 Å². The Morgan fingerprint density at radius 3 is 2.88 bits per heavy atom. The molecule has 0 fully saturated rings.